The van der Waals surface area contributed by atoms with Gasteiger partial charge in [0, 0.05) is 12.6 Å². The second-order valence-electron chi connectivity index (χ2n) is 6.44. The summed E-state index contributed by atoms with van der Waals surface area (Å²) in [5.74, 6) is 0.0636. The molecule has 16 heavy (non-hydrogen) atoms. The first-order valence-corrected chi connectivity index (χ1v) is 5.58. The molecule has 0 radical (unpaired) electrons. The molecular weight excluding hydrogens is 224 g/mol. The molecule has 3 nitrogen and oxygen atoms in total. The highest BCUT2D eigenvalue weighted by atomic mass is 35.5. The van der Waals surface area contributed by atoms with Crippen LogP contribution < -0.4 is 11.1 Å². The molecule has 4 heteroatoms. The van der Waals surface area contributed by atoms with Crippen LogP contribution in [0.1, 0.15) is 41.5 Å². The van der Waals surface area contributed by atoms with Crippen molar-refractivity contribution >= 4 is 18.3 Å². The van der Waals surface area contributed by atoms with Crippen LogP contribution in [0.15, 0.2) is 0 Å². The molecule has 1 rings (SSSR count). The fraction of sp³-hybridized carbons (Fsp3) is 0.917. The molecule has 0 aliphatic heterocycles. The fourth-order valence-electron chi connectivity index (χ4n) is 1.98. The molecule has 0 aromatic rings. The van der Waals surface area contributed by atoms with E-state index in [9.17, 15) is 4.79 Å². The van der Waals surface area contributed by atoms with Gasteiger partial charge < -0.3 is 11.1 Å². The zero-order valence-corrected chi connectivity index (χ0v) is 12.0. The van der Waals surface area contributed by atoms with Gasteiger partial charge in [0.25, 0.3) is 0 Å². The number of nitrogens with two attached hydrogens (primary N) is 1. The van der Waals surface area contributed by atoms with Gasteiger partial charge in [0.05, 0.1) is 5.41 Å². The highest BCUT2D eigenvalue weighted by Crippen LogP contribution is 2.62. The number of nitrogens with one attached hydrogen (secondary N) is 1. The first kappa shape index (κ1) is 15.7. The average molecular weight is 249 g/mol. The lowest BCUT2D eigenvalue weighted by Crippen LogP contribution is -2.44. The summed E-state index contributed by atoms with van der Waals surface area (Å²) >= 11 is 0. The number of rotatable bonds is 3. The largest absolute Gasteiger partial charge is 0.352 e. The van der Waals surface area contributed by atoms with E-state index in [4.69, 9.17) is 5.73 Å². The van der Waals surface area contributed by atoms with Crippen molar-refractivity contribution in [3.63, 3.8) is 0 Å². The van der Waals surface area contributed by atoms with E-state index in [-0.39, 0.29) is 35.2 Å². The predicted molar refractivity (Wildman–Crippen MR) is 69.6 cm³/mol. The Kier molecular flexibility index (Phi) is 4.12. The number of amides is 1. The Balaban J connectivity index is 0.00000225. The molecule has 0 spiro atoms. The van der Waals surface area contributed by atoms with E-state index in [0.29, 0.717) is 6.54 Å². The topological polar surface area (TPSA) is 55.1 Å². The molecule has 0 aromatic heterocycles. The fourth-order valence-corrected chi connectivity index (χ4v) is 1.98. The number of hydrogen-bond donors (Lipinski definition) is 2. The number of hydrogen-bond acceptors (Lipinski definition) is 2. The van der Waals surface area contributed by atoms with Crippen molar-refractivity contribution in [2.75, 3.05) is 6.54 Å². The van der Waals surface area contributed by atoms with Crippen molar-refractivity contribution in [2.24, 2.45) is 22.0 Å². The molecule has 1 amide bonds. The van der Waals surface area contributed by atoms with Crippen LogP contribution >= 0.6 is 12.4 Å². The second kappa shape index (κ2) is 4.19. The monoisotopic (exact) mass is 248 g/mol. The van der Waals surface area contributed by atoms with E-state index >= 15 is 0 Å². The lowest BCUT2D eigenvalue weighted by Gasteiger charge is -2.22. The SMILES string of the molecule is CC(C)(CN)C(=O)NC1C(C)(C)C1(C)C.Cl. The summed E-state index contributed by atoms with van der Waals surface area (Å²) in [5, 5.41) is 3.11. The molecule has 1 aliphatic rings. The van der Waals surface area contributed by atoms with Gasteiger partial charge >= 0.3 is 0 Å². The van der Waals surface area contributed by atoms with Gasteiger partial charge in [0.2, 0.25) is 5.91 Å². The van der Waals surface area contributed by atoms with E-state index in [2.05, 4.69) is 33.0 Å². The average Bonchev–Trinajstić information content (AvgIpc) is 2.48. The van der Waals surface area contributed by atoms with Gasteiger partial charge in [0.1, 0.15) is 0 Å². The molecule has 96 valence electrons. The summed E-state index contributed by atoms with van der Waals surface area (Å²) in [6.07, 6.45) is 0. The van der Waals surface area contributed by atoms with Crippen molar-refractivity contribution in [2.45, 2.75) is 47.6 Å². The van der Waals surface area contributed by atoms with Crippen LogP contribution in [0.5, 0.6) is 0 Å². The number of carbonyl (C=O) groups excluding carboxylic acids is 1. The van der Waals surface area contributed by atoms with Gasteiger partial charge in [-0.2, -0.15) is 0 Å². The molecule has 3 N–H and O–H groups in total. The summed E-state index contributed by atoms with van der Waals surface area (Å²) in [5.41, 5.74) is 5.49. The maximum atomic E-state index is 11.9. The zero-order chi connectivity index (χ0) is 12.1. The first-order valence-electron chi connectivity index (χ1n) is 5.58. The van der Waals surface area contributed by atoms with Gasteiger partial charge in [0.15, 0.2) is 0 Å². The van der Waals surface area contributed by atoms with Gasteiger partial charge in [-0.05, 0) is 24.7 Å². The van der Waals surface area contributed by atoms with Crippen molar-refractivity contribution in [3.8, 4) is 0 Å². The predicted octanol–water partition coefficient (Wildman–Crippen LogP) is 1.94. The van der Waals surface area contributed by atoms with Crippen LogP contribution in [0, 0.1) is 16.2 Å². The van der Waals surface area contributed by atoms with Crippen LogP contribution in [-0.4, -0.2) is 18.5 Å². The Morgan fingerprint density at radius 3 is 1.88 bits per heavy atom. The molecule has 0 aromatic carbocycles. The Bertz CT molecular complexity index is 271. The molecule has 0 heterocycles. The van der Waals surface area contributed by atoms with Gasteiger partial charge in [-0.25, -0.2) is 0 Å². The van der Waals surface area contributed by atoms with Gasteiger partial charge in [-0.15, -0.1) is 12.4 Å². The number of halogens is 1. The van der Waals surface area contributed by atoms with Crippen molar-refractivity contribution in [1.29, 1.82) is 0 Å². The third kappa shape index (κ3) is 2.21. The Morgan fingerprint density at radius 1 is 1.25 bits per heavy atom. The summed E-state index contributed by atoms with van der Waals surface area (Å²) in [4.78, 5) is 11.9. The van der Waals surface area contributed by atoms with Gasteiger partial charge in [-0.1, -0.05) is 27.7 Å². The summed E-state index contributed by atoms with van der Waals surface area (Å²) in [6.45, 7) is 12.9. The van der Waals surface area contributed by atoms with Crippen LogP contribution in [0.4, 0.5) is 0 Å². The second-order valence-corrected chi connectivity index (χ2v) is 6.44. The maximum Gasteiger partial charge on any atom is 0.227 e. The minimum Gasteiger partial charge on any atom is -0.352 e. The minimum absolute atomic E-state index is 0. The van der Waals surface area contributed by atoms with Crippen molar-refractivity contribution in [3.05, 3.63) is 0 Å². The maximum absolute atomic E-state index is 11.9. The van der Waals surface area contributed by atoms with E-state index in [1.54, 1.807) is 0 Å². The lowest BCUT2D eigenvalue weighted by atomic mass is 9.92. The van der Waals surface area contributed by atoms with Gasteiger partial charge in [-0.3, -0.25) is 4.79 Å². The lowest BCUT2D eigenvalue weighted by molar-refractivity contribution is -0.129. The summed E-state index contributed by atoms with van der Waals surface area (Å²) in [6, 6.07) is 0.267. The van der Waals surface area contributed by atoms with Crippen molar-refractivity contribution in [1.82, 2.24) is 5.32 Å². The van der Waals surface area contributed by atoms with E-state index < -0.39 is 5.41 Å². The molecule has 1 fully saturated rings. The van der Waals surface area contributed by atoms with E-state index in [1.165, 1.54) is 0 Å². The zero-order valence-electron chi connectivity index (χ0n) is 11.2. The molecular formula is C12H25ClN2O. The third-order valence-corrected chi connectivity index (χ3v) is 4.42. The van der Waals surface area contributed by atoms with Crippen LogP contribution in [0.3, 0.4) is 0 Å². The van der Waals surface area contributed by atoms with Crippen LogP contribution in [0.25, 0.3) is 0 Å². The number of carbonyl (C=O) groups is 1. The van der Waals surface area contributed by atoms with Crippen LogP contribution in [0.2, 0.25) is 0 Å². The third-order valence-electron chi connectivity index (χ3n) is 4.42. The van der Waals surface area contributed by atoms with Crippen LogP contribution in [-0.2, 0) is 4.79 Å². The summed E-state index contributed by atoms with van der Waals surface area (Å²) < 4.78 is 0. The first-order chi connectivity index (χ1) is 6.57. The normalized spacial score (nSPS) is 22.2. The standard InChI is InChI=1S/C12H24N2O.ClH/c1-10(2,7-13)9(15)14-8-11(3,4)12(8,5)6;/h8H,7,13H2,1-6H3,(H,14,15);1H. The smallest absolute Gasteiger partial charge is 0.227 e. The molecule has 0 unspecified atom stereocenters. The molecule has 1 aliphatic carbocycles. The molecule has 1 saturated carbocycles. The highest BCUT2D eigenvalue weighted by Gasteiger charge is 2.65. The molecule has 0 saturated heterocycles. The quantitative estimate of drug-likeness (QED) is 0.802. The Morgan fingerprint density at radius 2 is 1.62 bits per heavy atom. The highest BCUT2D eigenvalue weighted by molar-refractivity contribution is 5.85. The Hall–Kier alpha value is -0.280. The molecule has 0 bridgehead atoms. The minimum atomic E-state index is -0.464. The van der Waals surface area contributed by atoms with E-state index in [1.807, 2.05) is 13.8 Å². The summed E-state index contributed by atoms with van der Waals surface area (Å²) in [7, 11) is 0. The Labute approximate surface area is 105 Å². The van der Waals surface area contributed by atoms with E-state index in [0.717, 1.165) is 0 Å². The van der Waals surface area contributed by atoms with Crippen molar-refractivity contribution < 1.29 is 4.79 Å². The molecule has 0 atom stereocenters.